The fourth-order valence-electron chi connectivity index (χ4n) is 1.53. The Kier molecular flexibility index (Phi) is 5.62. The van der Waals surface area contributed by atoms with Crippen molar-refractivity contribution in [3.63, 3.8) is 0 Å². The van der Waals surface area contributed by atoms with E-state index >= 15 is 0 Å². The van der Waals surface area contributed by atoms with Crippen molar-refractivity contribution in [3.8, 4) is 0 Å². The molecular formula is C13H17N3OS2. The molecule has 0 aliphatic carbocycles. The summed E-state index contributed by atoms with van der Waals surface area (Å²) in [4.78, 5) is 0. The van der Waals surface area contributed by atoms with Gasteiger partial charge in [0.1, 0.15) is 0 Å². The van der Waals surface area contributed by atoms with Gasteiger partial charge in [-0.2, -0.15) is 0 Å². The number of anilines is 1. The number of nitrogens with zero attached hydrogens (tertiary/aromatic N) is 2. The number of rotatable bonds is 7. The van der Waals surface area contributed by atoms with Gasteiger partial charge in [-0.3, -0.25) is 0 Å². The summed E-state index contributed by atoms with van der Waals surface area (Å²) in [6.07, 6.45) is 0. The molecule has 102 valence electrons. The topological polar surface area (TPSA) is 47.0 Å². The van der Waals surface area contributed by atoms with Gasteiger partial charge in [0.2, 0.25) is 5.13 Å². The lowest BCUT2D eigenvalue weighted by Gasteiger charge is -2.08. The summed E-state index contributed by atoms with van der Waals surface area (Å²) in [6.45, 7) is 3.60. The molecule has 0 amide bonds. The molecule has 1 unspecified atom stereocenters. The summed E-state index contributed by atoms with van der Waals surface area (Å²) in [7, 11) is 1.69. The van der Waals surface area contributed by atoms with Crippen molar-refractivity contribution in [2.24, 2.45) is 0 Å². The van der Waals surface area contributed by atoms with Crippen LogP contribution in [0.1, 0.15) is 17.7 Å². The molecule has 6 heteroatoms. The Morgan fingerprint density at radius 3 is 2.84 bits per heavy atom. The molecule has 19 heavy (non-hydrogen) atoms. The molecule has 1 atom stereocenters. The van der Waals surface area contributed by atoms with Crippen molar-refractivity contribution in [2.75, 3.05) is 25.6 Å². The van der Waals surface area contributed by atoms with Crippen molar-refractivity contribution in [2.45, 2.75) is 16.5 Å². The van der Waals surface area contributed by atoms with Gasteiger partial charge in [-0.1, -0.05) is 53.4 Å². The third-order valence-corrected chi connectivity index (χ3v) is 4.66. The first-order valence-electron chi connectivity index (χ1n) is 6.07. The van der Waals surface area contributed by atoms with Gasteiger partial charge in [-0.15, -0.1) is 10.2 Å². The molecule has 1 heterocycles. The van der Waals surface area contributed by atoms with Crippen molar-refractivity contribution < 1.29 is 4.74 Å². The van der Waals surface area contributed by atoms with E-state index in [-0.39, 0.29) is 0 Å². The van der Waals surface area contributed by atoms with E-state index < -0.39 is 0 Å². The highest BCUT2D eigenvalue weighted by molar-refractivity contribution is 8.01. The van der Waals surface area contributed by atoms with Crippen LogP contribution >= 0.6 is 23.1 Å². The van der Waals surface area contributed by atoms with Gasteiger partial charge >= 0.3 is 0 Å². The molecule has 4 nitrogen and oxygen atoms in total. The van der Waals surface area contributed by atoms with E-state index in [4.69, 9.17) is 4.74 Å². The van der Waals surface area contributed by atoms with E-state index in [0.29, 0.717) is 11.9 Å². The molecule has 1 aromatic heterocycles. The number of methoxy groups -OCH3 is 1. The molecule has 0 aliphatic rings. The summed E-state index contributed by atoms with van der Waals surface area (Å²) in [5, 5.41) is 12.7. The fraction of sp³-hybridized carbons (Fsp3) is 0.385. The van der Waals surface area contributed by atoms with Crippen molar-refractivity contribution >= 4 is 28.2 Å². The second-order valence-electron chi connectivity index (χ2n) is 3.96. The first-order valence-corrected chi connectivity index (χ1v) is 7.77. The minimum atomic E-state index is 0.376. The van der Waals surface area contributed by atoms with Crippen LogP contribution < -0.4 is 5.32 Å². The van der Waals surface area contributed by atoms with Crippen molar-refractivity contribution in [1.29, 1.82) is 0 Å². The van der Waals surface area contributed by atoms with E-state index in [1.54, 1.807) is 30.2 Å². The number of hydrogen-bond acceptors (Lipinski definition) is 6. The number of aromatic nitrogens is 2. The molecule has 0 fully saturated rings. The van der Waals surface area contributed by atoms with Crippen molar-refractivity contribution in [1.82, 2.24) is 10.2 Å². The zero-order chi connectivity index (χ0) is 13.5. The number of ether oxygens (including phenoxy) is 1. The van der Waals surface area contributed by atoms with Crippen LogP contribution in [0.4, 0.5) is 5.13 Å². The Morgan fingerprint density at radius 1 is 1.32 bits per heavy atom. The average molecular weight is 295 g/mol. The number of thioether (sulfide) groups is 1. The molecule has 0 saturated carbocycles. The quantitative estimate of drug-likeness (QED) is 0.626. The SMILES string of the molecule is COCCNc1nnc(SC(C)c2ccccc2)s1. The fourth-order valence-corrected chi connectivity index (χ4v) is 3.58. The van der Waals surface area contributed by atoms with Crippen molar-refractivity contribution in [3.05, 3.63) is 35.9 Å². The van der Waals surface area contributed by atoms with E-state index in [0.717, 1.165) is 16.0 Å². The smallest absolute Gasteiger partial charge is 0.206 e. The van der Waals surface area contributed by atoms with Gasteiger partial charge in [-0.05, 0) is 12.5 Å². The van der Waals surface area contributed by atoms with Gasteiger partial charge in [-0.25, -0.2) is 0 Å². The first-order chi connectivity index (χ1) is 9.29. The van der Waals surface area contributed by atoms with Gasteiger partial charge in [0.15, 0.2) is 4.34 Å². The number of hydrogen-bond donors (Lipinski definition) is 1. The second-order valence-corrected chi connectivity index (χ2v) is 6.53. The molecule has 0 radical (unpaired) electrons. The van der Waals surface area contributed by atoms with E-state index in [2.05, 4.69) is 46.7 Å². The lowest BCUT2D eigenvalue weighted by atomic mass is 10.2. The molecule has 2 rings (SSSR count). The van der Waals surface area contributed by atoms with Crippen LogP contribution in [0.25, 0.3) is 0 Å². The predicted molar refractivity (Wildman–Crippen MR) is 81.0 cm³/mol. The van der Waals surface area contributed by atoms with Crippen LogP contribution in [0.2, 0.25) is 0 Å². The maximum atomic E-state index is 4.98. The van der Waals surface area contributed by atoms with Gasteiger partial charge in [0, 0.05) is 18.9 Å². The molecule has 0 spiro atoms. The minimum Gasteiger partial charge on any atom is -0.383 e. The van der Waals surface area contributed by atoms with E-state index in [9.17, 15) is 0 Å². The lowest BCUT2D eigenvalue weighted by Crippen LogP contribution is -2.06. The average Bonchev–Trinajstić information content (AvgIpc) is 2.88. The van der Waals surface area contributed by atoms with Crippen LogP contribution in [-0.4, -0.2) is 30.5 Å². The highest BCUT2D eigenvalue weighted by Gasteiger charge is 2.11. The normalized spacial score (nSPS) is 12.3. The molecule has 0 saturated heterocycles. The first kappa shape index (κ1) is 14.3. The van der Waals surface area contributed by atoms with Crippen LogP contribution in [0.5, 0.6) is 0 Å². The summed E-state index contributed by atoms with van der Waals surface area (Å²) in [5.41, 5.74) is 1.30. The monoisotopic (exact) mass is 295 g/mol. The molecule has 0 aliphatic heterocycles. The van der Waals surface area contributed by atoms with E-state index in [1.807, 2.05) is 6.07 Å². The van der Waals surface area contributed by atoms with Crippen LogP contribution in [-0.2, 0) is 4.74 Å². The third kappa shape index (κ3) is 4.49. The predicted octanol–water partition coefficient (Wildman–Crippen LogP) is 3.45. The summed E-state index contributed by atoms with van der Waals surface area (Å²) >= 11 is 3.31. The van der Waals surface area contributed by atoms with Crippen LogP contribution in [0.15, 0.2) is 34.7 Å². The summed E-state index contributed by atoms with van der Waals surface area (Å²) in [5.74, 6) is 0. The highest BCUT2D eigenvalue weighted by atomic mass is 32.2. The maximum absolute atomic E-state index is 4.98. The Bertz CT molecular complexity index is 490. The lowest BCUT2D eigenvalue weighted by molar-refractivity contribution is 0.211. The molecule has 1 N–H and O–H groups in total. The Labute approximate surface area is 121 Å². The number of nitrogens with one attached hydrogen (secondary N) is 1. The van der Waals surface area contributed by atoms with Gasteiger partial charge in [0.05, 0.1) is 6.61 Å². The standard InChI is InChI=1S/C13H17N3OS2/c1-10(11-6-4-3-5-7-11)18-13-16-15-12(19-13)14-8-9-17-2/h3-7,10H,8-9H2,1-2H3,(H,14,15). The third-order valence-electron chi connectivity index (χ3n) is 2.54. The largest absolute Gasteiger partial charge is 0.383 e. The van der Waals surface area contributed by atoms with Gasteiger partial charge in [0.25, 0.3) is 0 Å². The van der Waals surface area contributed by atoms with E-state index in [1.165, 1.54) is 5.56 Å². The maximum Gasteiger partial charge on any atom is 0.206 e. The Morgan fingerprint density at radius 2 is 2.11 bits per heavy atom. The van der Waals surface area contributed by atoms with Crippen LogP contribution in [0, 0.1) is 0 Å². The Balaban J connectivity index is 1.89. The Hall–Kier alpha value is -1.11. The second kappa shape index (κ2) is 7.47. The zero-order valence-corrected chi connectivity index (χ0v) is 12.6. The molecular weight excluding hydrogens is 278 g/mol. The zero-order valence-electron chi connectivity index (χ0n) is 11.0. The van der Waals surface area contributed by atoms with Gasteiger partial charge < -0.3 is 10.1 Å². The van der Waals surface area contributed by atoms with Crippen LogP contribution in [0.3, 0.4) is 0 Å². The molecule has 2 aromatic rings. The summed E-state index contributed by atoms with van der Waals surface area (Å²) in [6, 6.07) is 10.4. The molecule has 0 bridgehead atoms. The molecule has 1 aromatic carbocycles. The number of benzene rings is 1. The minimum absolute atomic E-state index is 0.376. The summed E-state index contributed by atoms with van der Waals surface area (Å²) < 4.78 is 5.96. The highest BCUT2D eigenvalue weighted by Crippen LogP contribution is 2.37.